The normalized spacial score (nSPS) is 22.0. The van der Waals surface area contributed by atoms with Crippen molar-refractivity contribution in [2.24, 2.45) is 5.73 Å². The largest absolute Gasteiger partial charge is 0.493 e. The molecule has 2 rings (SSSR count). The van der Waals surface area contributed by atoms with Gasteiger partial charge in [0.1, 0.15) is 0 Å². The lowest BCUT2D eigenvalue weighted by Crippen LogP contribution is -2.55. The van der Waals surface area contributed by atoms with Crippen molar-refractivity contribution in [1.29, 1.82) is 0 Å². The summed E-state index contributed by atoms with van der Waals surface area (Å²) in [6.07, 6.45) is 0. The van der Waals surface area contributed by atoms with Crippen LogP contribution in [0.1, 0.15) is 18.5 Å². The molecule has 1 heterocycles. The second-order valence-electron chi connectivity index (χ2n) is 5.68. The Balaban J connectivity index is 2.20. The van der Waals surface area contributed by atoms with E-state index in [0.29, 0.717) is 18.6 Å². The predicted molar refractivity (Wildman–Crippen MR) is 85.0 cm³/mol. The fourth-order valence-electron chi connectivity index (χ4n) is 3.05. The molecule has 0 aliphatic carbocycles. The summed E-state index contributed by atoms with van der Waals surface area (Å²) in [5.41, 5.74) is 7.19. The fraction of sp³-hybridized carbons (Fsp3) is 0.625. The highest BCUT2D eigenvalue weighted by molar-refractivity contribution is 5.43. The summed E-state index contributed by atoms with van der Waals surface area (Å²) in [5.74, 6) is 1.54. The number of rotatable bonds is 5. The van der Waals surface area contributed by atoms with E-state index in [9.17, 15) is 0 Å². The molecule has 0 radical (unpaired) electrons. The number of hydrogen-bond donors (Lipinski definition) is 1. The standard InChI is InChI=1S/C16H27N3O2/c1-12(19-8-7-18(2)11-14(19)10-17)13-5-6-15(20-3)16(9-13)21-4/h5-6,9,12,14H,7-8,10-11,17H2,1-4H3. The van der Waals surface area contributed by atoms with Crippen molar-refractivity contribution in [2.75, 3.05) is 47.4 Å². The molecule has 118 valence electrons. The zero-order valence-corrected chi connectivity index (χ0v) is 13.5. The second-order valence-corrected chi connectivity index (χ2v) is 5.68. The van der Waals surface area contributed by atoms with E-state index in [-0.39, 0.29) is 0 Å². The first-order valence-electron chi connectivity index (χ1n) is 7.47. The van der Waals surface area contributed by atoms with Gasteiger partial charge in [-0.2, -0.15) is 0 Å². The Hall–Kier alpha value is -1.30. The summed E-state index contributed by atoms with van der Waals surface area (Å²) < 4.78 is 10.7. The van der Waals surface area contributed by atoms with Crippen LogP contribution in [0.2, 0.25) is 0 Å². The molecule has 21 heavy (non-hydrogen) atoms. The van der Waals surface area contributed by atoms with Crippen molar-refractivity contribution in [3.63, 3.8) is 0 Å². The number of hydrogen-bond acceptors (Lipinski definition) is 5. The van der Waals surface area contributed by atoms with Crippen LogP contribution in [0.25, 0.3) is 0 Å². The lowest BCUT2D eigenvalue weighted by atomic mass is 10.0. The molecule has 2 atom stereocenters. The third-order valence-corrected chi connectivity index (χ3v) is 4.39. The van der Waals surface area contributed by atoms with Gasteiger partial charge < -0.3 is 20.1 Å². The number of piperazine rings is 1. The lowest BCUT2D eigenvalue weighted by Gasteiger charge is -2.43. The van der Waals surface area contributed by atoms with Gasteiger partial charge in [0.15, 0.2) is 11.5 Å². The van der Waals surface area contributed by atoms with Crippen molar-refractivity contribution >= 4 is 0 Å². The van der Waals surface area contributed by atoms with Crippen LogP contribution in [0.15, 0.2) is 18.2 Å². The maximum atomic E-state index is 5.96. The fourth-order valence-corrected chi connectivity index (χ4v) is 3.05. The molecule has 5 heteroatoms. The third kappa shape index (κ3) is 3.48. The number of ether oxygens (including phenoxy) is 2. The number of nitrogens with two attached hydrogens (primary N) is 1. The summed E-state index contributed by atoms with van der Waals surface area (Å²) in [5, 5.41) is 0. The highest BCUT2D eigenvalue weighted by atomic mass is 16.5. The van der Waals surface area contributed by atoms with Gasteiger partial charge in [-0.3, -0.25) is 4.90 Å². The first-order valence-corrected chi connectivity index (χ1v) is 7.47. The van der Waals surface area contributed by atoms with E-state index in [1.807, 2.05) is 6.07 Å². The predicted octanol–water partition coefficient (Wildman–Crippen LogP) is 1.34. The number of nitrogens with zero attached hydrogens (tertiary/aromatic N) is 2. The summed E-state index contributed by atoms with van der Waals surface area (Å²) in [6.45, 7) is 6.05. The smallest absolute Gasteiger partial charge is 0.161 e. The Bertz CT molecular complexity index is 467. The Kier molecular flexibility index (Phi) is 5.45. The van der Waals surface area contributed by atoms with Gasteiger partial charge in [0.2, 0.25) is 0 Å². The zero-order valence-electron chi connectivity index (χ0n) is 13.5. The van der Waals surface area contributed by atoms with Crippen LogP contribution < -0.4 is 15.2 Å². The quantitative estimate of drug-likeness (QED) is 0.888. The van der Waals surface area contributed by atoms with Gasteiger partial charge in [-0.15, -0.1) is 0 Å². The molecule has 1 fully saturated rings. The van der Waals surface area contributed by atoms with Crippen LogP contribution in [0, 0.1) is 0 Å². The summed E-state index contributed by atoms with van der Waals surface area (Å²) in [6, 6.07) is 6.85. The van der Waals surface area contributed by atoms with E-state index in [1.165, 1.54) is 5.56 Å². The summed E-state index contributed by atoms with van der Waals surface area (Å²) in [7, 11) is 5.48. The molecule has 0 spiro atoms. The Morgan fingerprint density at radius 2 is 1.95 bits per heavy atom. The number of benzene rings is 1. The minimum Gasteiger partial charge on any atom is -0.493 e. The molecule has 1 aromatic carbocycles. The summed E-state index contributed by atoms with van der Waals surface area (Å²) >= 11 is 0. The summed E-state index contributed by atoms with van der Waals surface area (Å²) in [4.78, 5) is 4.83. The highest BCUT2D eigenvalue weighted by Gasteiger charge is 2.28. The third-order valence-electron chi connectivity index (χ3n) is 4.39. The molecule has 0 saturated carbocycles. The van der Waals surface area contributed by atoms with Crippen molar-refractivity contribution in [2.45, 2.75) is 19.0 Å². The minimum atomic E-state index is 0.312. The Labute approximate surface area is 127 Å². The highest BCUT2D eigenvalue weighted by Crippen LogP contribution is 2.32. The molecule has 1 aliphatic heterocycles. The first kappa shape index (κ1) is 16.1. The van der Waals surface area contributed by atoms with Gasteiger partial charge >= 0.3 is 0 Å². The van der Waals surface area contributed by atoms with Crippen molar-refractivity contribution in [3.05, 3.63) is 23.8 Å². The molecular weight excluding hydrogens is 266 g/mol. The first-order chi connectivity index (χ1) is 10.1. The van der Waals surface area contributed by atoms with Gasteiger partial charge in [-0.25, -0.2) is 0 Å². The second kappa shape index (κ2) is 7.11. The molecule has 1 saturated heterocycles. The maximum Gasteiger partial charge on any atom is 0.161 e. The topological polar surface area (TPSA) is 51.0 Å². The molecule has 5 nitrogen and oxygen atoms in total. The number of likely N-dealkylation sites (N-methyl/N-ethyl adjacent to an activating group) is 1. The monoisotopic (exact) mass is 293 g/mol. The maximum absolute atomic E-state index is 5.96. The molecule has 0 amide bonds. The molecule has 0 bridgehead atoms. The SMILES string of the molecule is COc1ccc(C(C)N2CCN(C)CC2CN)cc1OC. The van der Waals surface area contributed by atoms with Gasteiger partial charge in [0.25, 0.3) is 0 Å². The lowest BCUT2D eigenvalue weighted by molar-refractivity contribution is 0.0620. The van der Waals surface area contributed by atoms with Crippen LogP contribution in [-0.2, 0) is 0 Å². The van der Waals surface area contributed by atoms with Gasteiger partial charge in [0.05, 0.1) is 14.2 Å². The van der Waals surface area contributed by atoms with Crippen LogP contribution in [0.3, 0.4) is 0 Å². The van der Waals surface area contributed by atoms with E-state index >= 15 is 0 Å². The molecule has 1 aliphatic rings. The van der Waals surface area contributed by atoms with Crippen LogP contribution in [0.4, 0.5) is 0 Å². The van der Waals surface area contributed by atoms with Gasteiger partial charge in [-0.05, 0) is 31.7 Å². The van der Waals surface area contributed by atoms with E-state index in [0.717, 1.165) is 31.1 Å². The van der Waals surface area contributed by atoms with Crippen LogP contribution in [-0.4, -0.2) is 63.3 Å². The molecule has 0 aromatic heterocycles. The van der Waals surface area contributed by atoms with E-state index in [4.69, 9.17) is 15.2 Å². The average Bonchev–Trinajstić information content (AvgIpc) is 2.53. The minimum absolute atomic E-state index is 0.312. The Morgan fingerprint density at radius 3 is 2.57 bits per heavy atom. The van der Waals surface area contributed by atoms with Crippen molar-refractivity contribution < 1.29 is 9.47 Å². The number of methoxy groups -OCH3 is 2. The van der Waals surface area contributed by atoms with E-state index in [1.54, 1.807) is 14.2 Å². The average molecular weight is 293 g/mol. The van der Waals surface area contributed by atoms with Gasteiger partial charge in [0, 0.05) is 38.3 Å². The zero-order chi connectivity index (χ0) is 15.4. The van der Waals surface area contributed by atoms with E-state index in [2.05, 4.69) is 35.9 Å². The van der Waals surface area contributed by atoms with Gasteiger partial charge in [-0.1, -0.05) is 6.07 Å². The van der Waals surface area contributed by atoms with Crippen LogP contribution in [0.5, 0.6) is 11.5 Å². The van der Waals surface area contributed by atoms with Crippen molar-refractivity contribution in [3.8, 4) is 11.5 Å². The molecule has 2 unspecified atom stereocenters. The van der Waals surface area contributed by atoms with Crippen LogP contribution >= 0.6 is 0 Å². The molecule has 1 aromatic rings. The molecular formula is C16H27N3O2. The van der Waals surface area contributed by atoms with Crippen molar-refractivity contribution in [1.82, 2.24) is 9.80 Å². The Morgan fingerprint density at radius 1 is 1.24 bits per heavy atom. The van der Waals surface area contributed by atoms with E-state index < -0.39 is 0 Å². The molecule has 2 N–H and O–H groups in total.